The van der Waals surface area contributed by atoms with Crippen LogP contribution in [0.4, 0.5) is 4.79 Å². The fraction of sp³-hybridized carbons (Fsp3) is 0.438. The van der Waals surface area contributed by atoms with Gasteiger partial charge in [-0.15, -0.1) is 0 Å². The van der Waals surface area contributed by atoms with Crippen molar-refractivity contribution in [1.82, 2.24) is 19.8 Å². The van der Waals surface area contributed by atoms with E-state index in [0.717, 1.165) is 23.3 Å². The molecule has 23 heavy (non-hydrogen) atoms. The number of para-hydroxylation sites is 2. The number of carbonyl (C=O) groups is 2. The highest BCUT2D eigenvalue weighted by atomic mass is 16.2. The van der Waals surface area contributed by atoms with Crippen LogP contribution in [0.3, 0.4) is 0 Å². The molecular formula is C16H21N5O2. The molecule has 2 heterocycles. The summed E-state index contributed by atoms with van der Waals surface area (Å²) in [5, 5.41) is 2.87. The van der Waals surface area contributed by atoms with E-state index in [0.29, 0.717) is 26.1 Å². The van der Waals surface area contributed by atoms with Gasteiger partial charge < -0.3 is 20.5 Å². The van der Waals surface area contributed by atoms with Gasteiger partial charge in [0.05, 0.1) is 11.0 Å². The lowest BCUT2D eigenvalue weighted by Gasteiger charge is -2.22. The third kappa shape index (κ3) is 2.99. The zero-order valence-electron chi connectivity index (χ0n) is 13.2. The molecular weight excluding hydrogens is 294 g/mol. The molecule has 1 atom stereocenters. The Labute approximate surface area is 134 Å². The zero-order valence-corrected chi connectivity index (χ0v) is 13.2. The van der Waals surface area contributed by atoms with E-state index < -0.39 is 11.9 Å². The average Bonchev–Trinajstić information content (AvgIpc) is 3.12. The fourth-order valence-electron chi connectivity index (χ4n) is 3.16. The number of carbonyl (C=O) groups excluding carboxylic acids is 2. The summed E-state index contributed by atoms with van der Waals surface area (Å²) in [6.45, 7) is 3.63. The average molecular weight is 315 g/mol. The lowest BCUT2D eigenvalue weighted by molar-refractivity contribution is -0.121. The fourth-order valence-corrected chi connectivity index (χ4v) is 3.16. The molecule has 1 aromatic carbocycles. The van der Waals surface area contributed by atoms with E-state index in [2.05, 4.69) is 14.9 Å². The summed E-state index contributed by atoms with van der Waals surface area (Å²) in [7, 11) is 0. The van der Waals surface area contributed by atoms with Crippen molar-refractivity contribution in [2.24, 2.45) is 5.73 Å². The maximum absolute atomic E-state index is 12.2. The molecule has 1 fully saturated rings. The second-order valence-corrected chi connectivity index (χ2v) is 5.79. The van der Waals surface area contributed by atoms with E-state index in [1.54, 1.807) is 0 Å². The van der Waals surface area contributed by atoms with E-state index in [-0.39, 0.29) is 6.03 Å². The van der Waals surface area contributed by atoms with Crippen molar-refractivity contribution in [3.05, 3.63) is 30.1 Å². The molecule has 0 aliphatic carbocycles. The van der Waals surface area contributed by atoms with Crippen LogP contribution in [0.25, 0.3) is 11.0 Å². The molecule has 3 rings (SSSR count). The van der Waals surface area contributed by atoms with Crippen molar-refractivity contribution in [3.63, 3.8) is 0 Å². The number of nitrogens with one attached hydrogen (secondary N) is 1. The number of aromatic nitrogens is 2. The number of rotatable bonds is 4. The zero-order chi connectivity index (χ0) is 16.4. The summed E-state index contributed by atoms with van der Waals surface area (Å²) >= 11 is 0. The van der Waals surface area contributed by atoms with Gasteiger partial charge in [0, 0.05) is 19.6 Å². The standard InChI is InChI=1S/C16H21N5O2/c1-11-19-12-5-2-3-6-13(12)20(11)10-8-18-16(23)21-9-4-7-14(21)15(17)22/h2-3,5-6,14H,4,7-10H2,1H3,(H2,17,22)(H,18,23)/t14-/m0/s1. The quantitative estimate of drug-likeness (QED) is 0.881. The van der Waals surface area contributed by atoms with Crippen molar-refractivity contribution in [2.45, 2.75) is 32.4 Å². The van der Waals surface area contributed by atoms with E-state index >= 15 is 0 Å². The molecule has 0 bridgehead atoms. The third-order valence-corrected chi connectivity index (χ3v) is 4.30. The molecule has 0 unspecified atom stereocenters. The number of hydrogen-bond donors (Lipinski definition) is 2. The summed E-state index contributed by atoms with van der Waals surface area (Å²) in [6.07, 6.45) is 1.46. The Balaban J connectivity index is 1.61. The first kappa shape index (κ1) is 15.3. The molecule has 1 aromatic heterocycles. The molecule has 0 saturated carbocycles. The monoisotopic (exact) mass is 315 g/mol. The minimum atomic E-state index is -0.481. The molecule has 7 heteroatoms. The second kappa shape index (κ2) is 6.28. The van der Waals surface area contributed by atoms with Crippen LogP contribution in [-0.2, 0) is 11.3 Å². The Bertz CT molecular complexity index is 739. The van der Waals surface area contributed by atoms with Gasteiger partial charge in [0.2, 0.25) is 5.91 Å². The first-order chi connectivity index (χ1) is 11.1. The van der Waals surface area contributed by atoms with E-state index in [9.17, 15) is 9.59 Å². The van der Waals surface area contributed by atoms with Crippen LogP contribution in [0.15, 0.2) is 24.3 Å². The maximum Gasteiger partial charge on any atom is 0.318 e. The Morgan fingerprint density at radius 3 is 2.96 bits per heavy atom. The summed E-state index contributed by atoms with van der Waals surface area (Å²) in [5.74, 6) is 0.478. The van der Waals surface area contributed by atoms with Crippen LogP contribution >= 0.6 is 0 Å². The van der Waals surface area contributed by atoms with E-state index in [1.165, 1.54) is 4.90 Å². The summed E-state index contributed by atoms with van der Waals surface area (Å²) in [4.78, 5) is 29.6. The Kier molecular flexibility index (Phi) is 4.18. The molecule has 0 spiro atoms. The number of nitrogens with zero attached hydrogens (tertiary/aromatic N) is 3. The van der Waals surface area contributed by atoms with E-state index in [4.69, 9.17) is 5.73 Å². The molecule has 1 saturated heterocycles. The second-order valence-electron chi connectivity index (χ2n) is 5.79. The molecule has 0 radical (unpaired) electrons. The highest BCUT2D eigenvalue weighted by Crippen LogP contribution is 2.17. The molecule has 3 N–H and O–H groups in total. The van der Waals surface area contributed by atoms with Crippen LogP contribution in [-0.4, -0.2) is 45.5 Å². The number of fused-ring (bicyclic) bond motifs is 1. The number of urea groups is 1. The minimum Gasteiger partial charge on any atom is -0.368 e. The number of primary amides is 1. The van der Waals surface area contributed by atoms with Crippen LogP contribution < -0.4 is 11.1 Å². The third-order valence-electron chi connectivity index (χ3n) is 4.30. The SMILES string of the molecule is Cc1nc2ccccc2n1CCNC(=O)N1CCC[C@H]1C(N)=O. The van der Waals surface area contributed by atoms with Gasteiger partial charge in [0.15, 0.2) is 0 Å². The Hall–Kier alpha value is -2.57. The van der Waals surface area contributed by atoms with Gasteiger partial charge in [-0.1, -0.05) is 12.1 Å². The van der Waals surface area contributed by atoms with E-state index in [1.807, 2.05) is 31.2 Å². The largest absolute Gasteiger partial charge is 0.368 e. The lowest BCUT2D eigenvalue weighted by Crippen LogP contribution is -2.48. The first-order valence-corrected chi connectivity index (χ1v) is 7.83. The maximum atomic E-state index is 12.2. The highest BCUT2D eigenvalue weighted by Gasteiger charge is 2.32. The topological polar surface area (TPSA) is 93.2 Å². The molecule has 1 aliphatic rings. The predicted octanol–water partition coefficient (Wildman–Crippen LogP) is 1.00. The van der Waals surface area contributed by atoms with Crippen LogP contribution in [0.1, 0.15) is 18.7 Å². The number of amides is 3. The van der Waals surface area contributed by atoms with Gasteiger partial charge in [0.25, 0.3) is 0 Å². The van der Waals surface area contributed by atoms with Crippen molar-refractivity contribution < 1.29 is 9.59 Å². The van der Waals surface area contributed by atoms with Crippen LogP contribution in [0.2, 0.25) is 0 Å². The Morgan fingerprint density at radius 2 is 2.17 bits per heavy atom. The lowest BCUT2D eigenvalue weighted by atomic mass is 10.2. The number of likely N-dealkylation sites (tertiary alicyclic amines) is 1. The smallest absolute Gasteiger partial charge is 0.318 e. The van der Waals surface area contributed by atoms with Crippen LogP contribution in [0, 0.1) is 6.92 Å². The van der Waals surface area contributed by atoms with Gasteiger partial charge in [-0.2, -0.15) is 0 Å². The van der Waals surface area contributed by atoms with Crippen molar-refractivity contribution in [3.8, 4) is 0 Å². The highest BCUT2D eigenvalue weighted by molar-refractivity contribution is 5.86. The summed E-state index contributed by atoms with van der Waals surface area (Å²) in [6, 6.07) is 7.21. The van der Waals surface area contributed by atoms with Gasteiger partial charge in [-0.25, -0.2) is 9.78 Å². The summed E-state index contributed by atoms with van der Waals surface area (Å²) < 4.78 is 2.07. The predicted molar refractivity (Wildman–Crippen MR) is 86.8 cm³/mol. The number of aryl methyl sites for hydroxylation is 1. The molecule has 122 valence electrons. The van der Waals surface area contributed by atoms with Crippen molar-refractivity contribution in [2.75, 3.05) is 13.1 Å². The summed E-state index contributed by atoms with van der Waals surface area (Å²) in [5.41, 5.74) is 7.34. The van der Waals surface area contributed by atoms with Gasteiger partial charge in [-0.05, 0) is 31.9 Å². The molecule has 2 aromatic rings. The number of nitrogens with two attached hydrogens (primary N) is 1. The van der Waals surface area contributed by atoms with Gasteiger partial charge in [-0.3, -0.25) is 4.79 Å². The van der Waals surface area contributed by atoms with Crippen molar-refractivity contribution in [1.29, 1.82) is 0 Å². The van der Waals surface area contributed by atoms with Crippen molar-refractivity contribution >= 4 is 23.0 Å². The minimum absolute atomic E-state index is 0.228. The number of hydrogen-bond acceptors (Lipinski definition) is 3. The number of imidazole rings is 1. The number of benzene rings is 1. The first-order valence-electron chi connectivity index (χ1n) is 7.83. The molecule has 7 nitrogen and oxygen atoms in total. The van der Waals surface area contributed by atoms with Gasteiger partial charge in [0.1, 0.15) is 11.9 Å². The Morgan fingerprint density at radius 1 is 1.39 bits per heavy atom. The normalized spacial score (nSPS) is 17.6. The van der Waals surface area contributed by atoms with Crippen LogP contribution in [0.5, 0.6) is 0 Å². The van der Waals surface area contributed by atoms with Gasteiger partial charge >= 0.3 is 6.03 Å². The molecule has 1 aliphatic heterocycles. The molecule has 3 amide bonds.